The first-order valence-electron chi connectivity index (χ1n) is 7.34. The summed E-state index contributed by atoms with van der Waals surface area (Å²) in [5.41, 5.74) is 1.27. The Labute approximate surface area is 144 Å². The monoisotopic (exact) mass is 273 g/mol. The molecule has 1 heterocycles. The minimum absolute atomic E-state index is 0.250. The summed E-state index contributed by atoms with van der Waals surface area (Å²) in [4.78, 5) is 0. The molecule has 0 saturated carbocycles. The van der Waals surface area contributed by atoms with E-state index < -0.39 is 25.5 Å². The fraction of sp³-hybridized carbons (Fsp3) is 0.400. The molecule has 2 nitrogen and oxygen atoms in total. The van der Waals surface area contributed by atoms with Crippen molar-refractivity contribution in [3.05, 3.63) is 35.9 Å². The molecule has 94 valence electrons. The number of nitrogens with one attached hydrogen (secondary N) is 1. The Hall–Kier alpha value is -0.211. The van der Waals surface area contributed by atoms with Crippen molar-refractivity contribution >= 4 is 72.0 Å². The molecule has 1 unspecified atom stereocenters. The zero-order chi connectivity index (χ0) is 16.5. The largest absolute Gasteiger partial charge is 0.371 e. The first-order valence-corrected chi connectivity index (χ1v) is 7.34. The van der Waals surface area contributed by atoms with Crippen LogP contribution in [0.15, 0.2) is 30.3 Å². The Bertz CT molecular complexity index is 381. The third kappa shape index (κ3) is 6.91. The number of hydrogen-bond donors (Lipinski definition) is 1. The lowest BCUT2D eigenvalue weighted by atomic mass is 8.58. The van der Waals surface area contributed by atoms with Gasteiger partial charge in [0.25, 0.3) is 0 Å². The van der Waals surface area contributed by atoms with Gasteiger partial charge in [0.15, 0.2) is 0 Å². The maximum absolute atomic E-state index is 5.60. The average Bonchev–Trinajstić information content (AvgIpc) is 2.48. The van der Waals surface area contributed by atoms with Crippen molar-refractivity contribution in [2.45, 2.75) is 6.10 Å². The van der Waals surface area contributed by atoms with Gasteiger partial charge in [0.2, 0.25) is 0 Å². The molecule has 1 aliphatic rings. The molecule has 1 fully saturated rings. The second-order valence-electron chi connectivity index (χ2n) is 5.28. The highest BCUT2D eigenvalue weighted by Crippen LogP contribution is 2.17. The van der Waals surface area contributed by atoms with Gasteiger partial charge in [-0.15, -0.1) is 0 Å². The van der Waals surface area contributed by atoms with Crippen LogP contribution in [0.25, 0.3) is 0 Å². The van der Waals surface area contributed by atoms with Crippen LogP contribution < -0.4 is 5.32 Å². The van der Waals surface area contributed by atoms with Crippen molar-refractivity contribution in [1.29, 1.82) is 0 Å². The van der Waals surface area contributed by atoms with Gasteiger partial charge in [-0.05, 0) is 5.56 Å². The van der Waals surface area contributed by atoms with Crippen LogP contribution in [0.2, 0.25) is 0 Å². The molecule has 1 aromatic rings. The third-order valence-electron chi connectivity index (χ3n) is 3.43. The van der Waals surface area contributed by atoms with Gasteiger partial charge in [0.1, 0.15) is 0 Å². The quantitative estimate of drug-likeness (QED) is 0.614. The lowest BCUT2D eigenvalue weighted by Crippen LogP contribution is -2.62. The maximum atomic E-state index is 5.60. The van der Waals surface area contributed by atoms with Gasteiger partial charge in [-0.25, -0.2) is 0 Å². The Kier molecular flexibility index (Phi) is 9.51. The lowest BCUT2D eigenvalue weighted by molar-refractivity contribution is 0.0277. The topological polar surface area (TPSA) is 21.3 Å². The smallest absolute Gasteiger partial charge is 0.0949 e. The summed E-state index contributed by atoms with van der Waals surface area (Å²) < 4.78 is 5.60. The van der Waals surface area contributed by atoms with Crippen molar-refractivity contribution < 1.29 is 4.74 Å². The SMILES string of the molecule is [B]B([B])B(B([B])[B])B([B])[B].c1ccc(C2CNCCO2)cc1. The summed E-state index contributed by atoms with van der Waals surface area (Å²) in [6.45, 7) is 2.73. The van der Waals surface area contributed by atoms with E-state index in [0.717, 1.165) is 19.7 Å². The Balaban J connectivity index is 0.000000225. The second-order valence-corrected chi connectivity index (χ2v) is 5.28. The summed E-state index contributed by atoms with van der Waals surface area (Å²) in [5.74, 6) is 0. The minimum Gasteiger partial charge on any atom is -0.371 e. The maximum Gasteiger partial charge on any atom is 0.0949 e. The van der Waals surface area contributed by atoms with Gasteiger partial charge in [-0.3, -0.25) is 0 Å². The van der Waals surface area contributed by atoms with E-state index in [2.05, 4.69) is 17.4 Å². The van der Waals surface area contributed by atoms with Crippen LogP contribution in [-0.4, -0.2) is 91.7 Å². The summed E-state index contributed by atoms with van der Waals surface area (Å²) in [6.07, 6.45) is -2.19. The molecule has 0 bridgehead atoms. The molecule has 1 atom stereocenters. The predicted octanol–water partition coefficient (Wildman–Crippen LogP) is -2.46. The molecule has 1 aromatic carbocycles. The van der Waals surface area contributed by atoms with Crippen molar-refractivity contribution in [2.24, 2.45) is 0 Å². The molecule has 1 N–H and O–H groups in total. The van der Waals surface area contributed by atoms with E-state index in [9.17, 15) is 0 Å². The fourth-order valence-corrected chi connectivity index (χ4v) is 2.22. The van der Waals surface area contributed by atoms with Gasteiger partial charge in [0.05, 0.1) is 12.7 Å². The van der Waals surface area contributed by atoms with E-state index >= 15 is 0 Å². The zero-order valence-corrected chi connectivity index (χ0v) is 12.8. The summed E-state index contributed by atoms with van der Waals surface area (Å²) >= 11 is 0. The Morgan fingerprint density at radius 3 is 1.82 bits per heavy atom. The van der Waals surface area contributed by atoms with E-state index in [4.69, 9.17) is 51.2 Å². The molecular formula is C10H13B10NO. The van der Waals surface area contributed by atoms with E-state index in [1.807, 2.05) is 18.2 Å². The number of benzene rings is 1. The Morgan fingerprint density at radius 2 is 1.45 bits per heavy atom. The van der Waals surface area contributed by atoms with Crippen molar-refractivity contribution in [1.82, 2.24) is 5.32 Å². The predicted molar refractivity (Wildman–Crippen MR) is 106 cm³/mol. The third-order valence-corrected chi connectivity index (χ3v) is 3.43. The van der Waals surface area contributed by atoms with Crippen LogP contribution in [0.1, 0.15) is 11.7 Å². The molecule has 12 heteroatoms. The first kappa shape index (κ1) is 19.8. The van der Waals surface area contributed by atoms with Gasteiger partial charge in [0, 0.05) is 85.1 Å². The molecule has 12 radical (unpaired) electrons. The first-order chi connectivity index (χ1) is 10.4. The van der Waals surface area contributed by atoms with Crippen LogP contribution in [0.4, 0.5) is 0 Å². The minimum atomic E-state index is -0.667. The fourth-order valence-electron chi connectivity index (χ4n) is 2.22. The van der Waals surface area contributed by atoms with Gasteiger partial charge < -0.3 is 10.1 Å². The standard InChI is InChI=1S/C10H13NO.B10/c1-2-4-9(5-3-1)10-8-11-6-7-12-10;1-7(2)10(8(3)4)9(5)6/h1-5,10-11H,6-8H2;. The highest BCUT2D eigenvalue weighted by atomic mass is 16.5. The van der Waals surface area contributed by atoms with Gasteiger partial charge >= 0.3 is 0 Å². The van der Waals surface area contributed by atoms with Crippen molar-refractivity contribution in [3.63, 3.8) is 0 Å². The number of rotatable bonds is 4. The highest BCUT2D eigenvalue weighted by Gasteiger charge is 2.24. The summed E-state index contributed by atoms with van der Waals surface area (Å²) in [6, 6.07) is 10.3. The Morgan fingerprint density at radius 1 is 0.909 bits per heavy atom. The average molecular weight is 271 g/mol. The van der Waals surface area contributed by atoms with Gasteiger partial charge in [-0.2, -0.15) is 0 Å². The second kappa shape index (κ2) is 10.5. The van der Waals surface area contributed by atoms with Crippen LogP contribution in [0.3, 0.4) is 0 Å². The lowest BCUT2D eigenvalue weighted by Gasteiger charge is -2.23. The molecular weight excluding hydrogens is 258 g/mol. The van der Waals surface area contributed by atoms with E-state index in [1.54, 1.807) is 0 Å². The molecule has 0 spiro atoms. The summed E-state index contributed by atoms with van der Waals surface area (Å²) in [5, 5.41) is 3.31. The van der Waals surface area contributed by atoms with Crippen molar-refractivity contribution in [2.75, 3.05) is 19.7 Å². The van der Waals surface area contributed by atoms with Crippen LogP contribution >= 0.6 is 0 Å². The van der Waals surface area contributed by atoms with E-state index in [-0.39, 0.29) is 6.10 Å². The van der Waals surface area contributed by atoms with Crippen LogP contribution in [0.5, 0.6) is 0 Å². The number of morpholine rings is 1. The van der Waals surface area contributed by atoms with E-state index in [0.29, 0.717) is 0 Å². The number of ether oxygens (including phenoxy) is 1. The molecule has 0 aliphatic carbocycles. The normalized spacial score (nSPS) is 16.8. The summed E-state index contributed by atoms with van der Waals surface area (Å²) in [7, 11) is 31.8. The number of hydrogen-bond acceptors (Lipinski definition) is 2. The molecule has 0 aromatic heterocycles. The van der Waals surface area contributed by atoms with E-state index in [1.165, 1.54) is 5.56 Å². The molecule has 2 rings (SSSR count). The van der Waals surface area contributed by atoms with Gasteiger partial charge in [-0.1, -0.05) is 30.3 Å². The molecule has 22 heavy (non-hydrogen) atoms. The van der Waals surface area contributed by atoms with Crippen molar-refractivity contribution in [3.8, 4) is 0 Å². The molecule has 1 saturated heterocycles. The highest BCUT2D eigenvalue weighted by molar-refractivity contribution is 8.00. The van der Waals surface area contributed by atoms with Crippen LogP contribution in [0, 0.1) is 0 Å². The molecule has 0 amide bonds. The molecule has 1 aliphatic heterocycles. The zero-order valence-electron chi connectivity index (χ0n) is 12.8. The van der Waals surface area contributed by atoms with Crippen LogP contribution in [-0.2, 0) is 4.74 Å².